The summed E-state index contributed by atoms with van der Waals surface area (Å²) in [5, 5.41) is 8.96. The first-order valence-electron chi connectivity index (χ1n) is 6.29. The number of likely N-dealkylation sites (tertiary alicyclic amines) is 1. The molecule has 0 atom stereocenters. The monoisotopic (exact) mass is 284 g/mol. The van der Waals surface area contributed by atoms with Gasteiger partial charge in [0.15, 0.2) is 5.57 Å². The van der Waals surface area contributed by atoms with Gasteiger partial charge in [0, 0.05) is 19.0 Å². The molecule has 1 aliphatic rings. The fourth-order valence-electron chi connectivity index (χ4n) is 1.80. The fourth-order valence-corrected chi connectivity index (χ4v) is 1.80. The second-order valence-corrected chi connectivity index (χ2v) is 4.37. The van der Waals surface area contributed by atoms with Gasteiger partial charge in [-0.2, -0.15) is 5.26 Å². The molecule has 0 radical (unpaired) electrons. The molecule has 1 aromatic carbocycles. The number of nitrogens with zero attached hydrogens (tertiary/aromatic N) is 2. The highest BCUT2D eigenvalue weighted by Crippen LogP contribution is 2.14. The van der Waals surface area contributed by atoms with Crippen molar-refractivity contribution < 1.29 is 19.1 Å². The minimum absolute atomic E-state index is 0.0145. The molecule has 0 aromatic heterocycles. The summed E-state index contributed by atoms with van der Waals surface area (Å²) in [7, 11) is 0. The van der Waals surface area contributed by atoms with E-state index in [1.54, 1.807) is 30.3 Å². The maximum absolute atomic E-state index is 11.8. The molecule has 1 aliphatic heterocycles. The van der Waals surface area contributed by atoms with E-state index >= 15 is 0 Å². The predicted octanol–water partition coefficient (Wildman–Crippen LogP) is 1.29. The van der Waals surface area contributed by atoms with Crippen molar-refractivity contribution in [2.75, 3.05) is 0 Å². The van der Waals surface area contributed by atoms with Gasteiger partial charge in [0.2, 0.25) is 11.8 Å². The molecule has 1 saturated heterocycles. The lowest BCUT2D eigenvalue weighted by molar-refractivity contribution is -0.139. The van der Waals surface area contributed by atoms with E-state index in [1.807, 2.05) is 6.07 Å². The molecule has 6 heteroatoms. The Hall–Kier alpha value is -2.94. The minimum atomic E-state index is -0.867. The van der Waals surface area contributed by atoms with Crippen molar-refractivity contribution in [2.45, 2.75) is 19.4 Å². The number of ether oxygens (including phenoxy) is 1. The Bertz CT molecular complexity index is 627. The van der Waals surface area contributed by atoms with Gasteiger partial charge >= 0.3 is 5.97 Å². The Kier molecular flexibility index (Phi) is 4.46. The van der Waals surface area contributed by atoms with Crippen LogP contribution < -0.4 is 0 Å². The van der Waals surface area contributed by atoms with Gasteiger partial charge in [0.05, 0.1) is 0 Å². The summed E-state index contributed by atoms with van der Waals surface area (Å²) in [6.07, 6.45) is 1.13. The summed E-state index contributed by atoms with van der Waals surface area (Å²) < 4.78 is 4.98. The normalized spacial score (nSPS) is 15.0. The lowest BCUT2D eigenvalue weighted by Crippen LogP contribution is -2.24. The zero-order valence-corrected chi connectivity index (χ0v) is 11.1. The Labute approximate surface area is 121 Å². The van der Waals surface area contributed by atoms with E-state index in [4.69, 9.17) is 10.00 Å². The van der Waals surface area contributed by atoms with E-state index in [0.29, 0.717) is 0 Å². The van der Waals surface area contributed by atoms with Crippen molar-refractivity contribution in [3.05, 3.63) is 47.7 Å². The van der Waals surface area contributed by atoms with E-state index in [-0.39, 0.29) is 25.0 Å². The topological polar surface area (TPSA) is 87.5 Å². The lowest BCUT2D eigenvalue weighted by atomic mass is 10.2. The van der Waals surface area contributed by atoms with Gasteiger partial charge in [-0.1, -0.05) is 30.3 Å². The van der Waals surface area contributed by atoms with E-state index in [2.05, 4.69) is 0 Å². The number of carbonyl (C=O) groups excluding carboxylic acids is 3. The number of rotatable bonds is 4. The molecule has 1 aromatic rings. The summed E-state index contributed by atoms with van der Waals surface area (Å²) in [6, 6.07) is 10.6. The van der Waals surface area contributed by atoms with Crippen molar-refractivity contribution in [1.82, 2.24) is 4.90 Å². The van der Waals surface area contributed by atoms with Crippen LogP contribution in [-0.2, 0) is 25.7 Å². The summed E-state index contributed by atoms with van der Waals surface area (Å²) >= 11 is 0. The van der Waals surface area contributed by atoms with Gasteiger partial charge in [0.1, 0.15) is 12.7 Å². The lowest BCUT2D eigenvalue weighted by Gasteiger charge is -2.08. The van der Waals surface area contributed by atoms with Crippen LogP contribution in [0.5, 0.6) is 0 Å². The molecular weight excluding hydrogens is 272 g/mol. The van der Waals surface area contributed by atoms with Gasteiger partial charge in [-0.25, -0.2) is 4.79 Å². The second kappa shape index (κ2) is 6.48. The summed E-state index contributed by atoms with van der Waals surface area (Å²) in [5.41, 5.74) is 0.394. The van der Waals surface area contributed by atoms with Crippen LogP contribution in [-0.4, -0.2) is 22.7 Å². The fraction of sp³-hybridized carbons (Fsp3) is 0.200. The van der Waals surface area contributed by atoms with Crippen LogP contribution in [0.3, 0.4) is 0 Å². The third-order valence-electron chi connectivity index (χ3n) is 2.90. The van der Waals surface area contributed by atoms with Crippen LogP contribution in [0.4, 0.5) is 0 Å². The van der Waals surface area contributed by atoms with Crippen LogP contribution in [0, 0.1) is 11.3 Å². The minimum Gasteiger partial charge on any atom is -0.457 e. The van der Waals surface area contributed by atoms with Crippen LogP contribution in [0.2, 0.25) is 0 Å². The van der Waals surface area contributed by atoms with Crippen molar-refractivity contribution in [3.8, 4) is 6.07 Å². The van der Waals surface area contributed by atoms with Gasteiger partial charge in [0.25, 0.3) is 0 Å². The largest absolute Gasteiger partial charge is 0.457 e. The molecule has 0 aliphatic carbocycles. The van der Waals surface area contributed by atoms with E-state index in [9.17, 15) is 14.4 Å². The Morgan fingerprint density at radius 3 is 2.43 bits per heavy atom. The molecular formula is C15H12N2O4. The number of amides is 2. The third kappa shape index (κ3) is 3.54. The highest BCUT2D eigenvalue weighted by Gasteiger charge is 2.28. The maximum atomic E-state index is 11.8. The van der Waals surface area contributed by atoms with Crippen molar-refractivity contribution >= 4 is 17.8 Å². The number of hydrogen-bond donors (Lipinski definition) is 0. The third-order valence-corrected chi connectivity index (χ3v) is 2.90. The molecule has 0 saturated carbocycles. The Morgan fingerprint density at radius 1 is 1.24 bits per heavy atom. The van der Waals surface area contributed by atoms with E-state index in [0.717, 1.165) is 16.7 Å². The quantitative estimate of drug-likeness (QED) is 0.360. The molecule has 0 bridgehead atoms. The number of nitriles is 1. The molecule has 106 valence electrons. The molecule has 1 heterocycles. The van der Waals surface area contributed by atoms with Crippen LogP contribution >= 0.6 is 0 Å². The smallest absolute Gasteiger partial charge is 0.350 e. The van der Waals surface area contributed by atoms with Gasteiger partial charge in [-0.15, -0.1) is 0 Å². The zero-order chi connectivity index (χ0) is 15.2. The van der Waals surface area contributed by atoms with Crippen LogP contribution in [0.1, 0.15) is 18.4 Å². The standard InChI is InChI=1S/C15H12N2O4/c16-8-12(9-17-13(18)6-7-14(17)19)15(20)21-10-11-4-2-1-3-5-11/h1-5,9H,6-7,10H2/b12-9-. The Morgan fingerprint density at radius 2 is 1.86 bits per heavy atom. The molecule has 2 rings (SSSR count). The maximum Gasteiger partial charge on any atom is 0.350 e. The molecule has 21 heavy (non-hydrogen) atoms. The highest BCUT2D eigenvalue weighted by molar-refractivity contribution is 6.04. The number of benzene rings is 1. The van der Waals surface area contributed by atoms with Crippen molar-refractivity contribution in [3.63, 3.8) is 0 Å². The second-order valence-electron chi connectivity index (χ2n) is 4.37. The van der Waals surface area contributed by atoms with Crippen LogP contribution in [0.25, 0.3) is 0 Å². The number of imide groups is 1. The Balaban J connectivity index is 2.04. The number of hydrogen-bond acceptors (Lipinski definition) is 5. The number of carbonyl (C=O) groups is 3. The molecule has 0 spiro atoms. The molecule has 6 nitrogen and oxygen atoms in total. The highest BCUT2D eigenvalue weighted by atomic mass is 16.5. The molecule has 0 N–H and O–H groups in total. The summed E-state index contributed by atoms with van der Waals surface area (Å²) in [6.45, 7) is 0.0145. The van der Waals surface area contributed by atoms with Gasteiger partial charge in [-0.05, 0) is 5.56 Å². The average molecular weight is 284 g/mol. The van der Waals surface area contributed by atoms with Gasteiger partial charge < -0.3 is 4.74 Å². The van der Waals surface area contributed by atoms with E-state index in [1.165, 1.54) is 0 Å². The SMILES string of the molecule is N#C/C(=C/N1C(=O)CCC1=O)C(=O)OCc1ccccc1. The molecule has 2 amide bonds. The summed E-state index contributed by atoms with van der Waals surface area (Å²) in [4.78, 5) is 35.5. The molecule has 1 fully saturated rings. The first-order valence-corrected chi connectivity index (χ1v) is 6.29. The van der Waals surface area contributed by atoms with Crippen LogP contribution in [0.15, 0.2) is 42.1 Å². The average Bonchev–Trinajstić information content (AvgIpc) is 2.82. The summed E-state index contributed by atoms with van der Waals surface area (Å²) in [5.74, 6) is -1.72. The predicted molar refractivity (Wildman–Crippen MR) is 71.0 cm³/mol. The van der Waals surface area contributed by atoms with Gasteiger partial charge in [-0.3, -0.25) is 14.5 Å². The van der Waals surface area contributed by atoms with Crippen molar-refractivity contribution in [1.29, 1.82) is 5.26 Å². The first-order chi connectivity index (χ1) is 10.1. The molecule has 0 unspecified atom stereocenters. The number of esters is 1. The van der Waals surface area contributed by atoms with E-state index < -0.39 is 17.8 Å². The van der Waals surface area contributed by atoms with Crippen molar-refractivity contribution in [2.24, 2.45) is 0 Å². The first kappa shape index (κ1) is 14.5. The zero-order valence-electron chi connectivity index (χ0n) is 11.1.